The highest BCUT2D eigenvalue weighted by atomic mass is 15.2. The highest BCUT2D eigenvalue weighted by molar-refractivity contribution is 6.10. The normalized spacial score (nSPS) is 10.9. The van der Waals surface area contributed by atoms with E-state index in [4.69, 9.17) is 0 Å². The Morgan fingerprint density at radius 3 is 0.651 bits per heavy atom. The Kier molecular flexibility index (Phi) is 24.6. The highest BCUT2D eigenvalue weighted by Gasteiger charge is 2.21. The number of fused-ring (bicyclic) bond motifs is 4. The first-order chi connectivity index (χ1) is 62.5. The molecule has 0 atom stereocenters. The SMILES string of the molecule is CC.CC.c1ccc(-c2ccc(N(c3ccc(-c4ccccc4)cc3)c3ccc(-c4ccc(-c5ccc6c(c5)c5ccccc5n6-c5ccccc5)cc4)cc3)cc2)cc1.c1ccc(-c2ccc(N(c3ccc(-c4ccccc4)cc3)c3ccc(-c4ccc(N(c5ccc(-c6ccccc6)cc5)c5ccc(-c6cccc7ccccc67)cc5)cc4)cc3)cc2)cc1. The fraction of sp³-hybridized carbons (Fsp3) is 0.0328. The van der Waals surface area contributed by atoms with E-state index in [-0.39, 0.29) is 0 Å². The van der Waals surface area contributed by atoms with Crippen molar-refractivity contribution in [3.05, 3.63) is 510 Å². The van der Waals surface area contributed by atoms with Crippen LogP contribution in [0.4, 0.5) is 51.2 Å². The maximum absolute atomic E-state index is 2.36. The van der Waals surface area contributed by atoms with Gasteiger partial charge in [0, 0.05) is 67.6 Å². The van der Waals surface area contributed by atoms with Crippen molar-refractivity contribution in [3.8, 4) is 106 Å². The topological polar surface area (TPSA) is 14.7 Å². The van der Waals surface area contributed by atoms with Crippen LogP contribution in [-0.4, -0.2) is 4.57 Å². The number of para-hydroxylation sites is 2. The van der Waals surface area contributed by atoms with Crippen LogP contribution in [0.5, 0.6) is 0 Å². The van der Waals surface area contributed by atoms with Crippen LogP contribution >= 0.6 is 0 Å². The van der Waals surface area contributed by atoms with E-state index in [1.54, 1.807) is 0 Å². The van der Waals surface area contributed by atoms with Gasteiger partial charge >= 0.3 is 0 Å². The molecule has 4 heteroatoms. The third-order valence-corrected chi connectivity index (χ3v) is 23.3. The lowest BCUT2D eigenvalue weighted by Crippen LogP contribution is -2.10. The molecular formula is C122H96N4. The van der Waals surface area contributed by atoms with Gasteiger partial charge in [-0.3, -0.25) is 0 Å². The van der Waals surface area contributed by atoms with E-state index >= 15 is 0 Å². The Morgan fingerprint density at radius 1 is 0.143 bits per heavy atom. The molecule has 20 aromatic carbocycles. The van der Waals surface area contributed by atoms with Crippen LogP contribution in [-0.2, 0) is 0 Å². The maximum Gasteiger partial charge on any atom is 0.0541 e. The van der Waals surface area contributed by atoms with Gasteiger partial charge in [0.1, 0.15) is 0 Å². The van der Waals surface area contributed by atoms with Gasteiger partial charge in [-0.25, -0.2) is 0 Å². The zero-order valence-corrected chi connectivity index (χ0v) is 71.3. The molecule has 0 amide bonds. The van der Waals surface area contributed by atoms with Crippen LogP contribution in [0.25, 0.3) is 138 Å². The van der Waals surface area contributed by atoms with Gasteiger partial charge in [0.15, 0.2) is 0 Å². The first-order valence-corrected chi connectivity index (χ1v) is 43.7. The molecule has 1 heterocycles. The summed E-state index contributed by atoms with van der Waals surface area (Å²) < 4.78 is 2.36. The number of benzene rings is 20. The first kappa shape index (κ1) is 80.9. The number of rotatable bonds is 19. The third-order valence-electron chi connectivity index (χ3n) is 23.3. The summed E-state index contributed by atoms with van der Waals surface area (Å²) in [6.07, 6.45) is 0. The predicted octanol–water partition coefficient (Wildman–Crippen LogP) is 35.1. The summed E-state index contributed by atoms with van der Waals surface area (Å²) in [6.45, 7) is 8.00. The highest BCUT2D eigenvalue weighted by Crippen LogP contribution is 2.44. The molecule has 0 spiro atoms. The average Bonchev–Trinajstić information content (AvgIpc) is 1.59. The summed E-state index contributed by atoms with van der Waals surface area (Å²) in [7, 11) is 0. The molecular weight excluding hydrogens is 1520 g/mol. The minimum absolute atomic E-state index is 1.09. The summed E-state index contributed by atoms with van der Waals surface area (Å²) in [5, 5.41) is 5.02. The Hall–Kier alpha value is -16.1. The molecule has 0 aliphatic heterocycles. The van der Waals surface area contributed by atoms with E-state index in [1.165, 1.54) is 127 Å². The lowest BCUT2D eigenvalue weighted by molar-refractivity contribution is 1.18. The Balaban J connectivity index is 0.000000166. The molecule has 4 nitrogen and oxygen atoms in total. The molecule has 21 rings (SSSR count). The zero-order chi connectivity index (χ0) is 85.3. The molecule has 0 radical (unpaired) electrons. The van der Waals surface area contributed by atoms with E-state index in [9.17, 15) is 0 Å². The average molecular weight is 1620 g/mol. The Bertz CT molecular complexity index is 6920. The molecule has 0 unspecified atom stereocenters. The number of hydrogen-bond donors (Lipinski definition) is 0. The van der Waals surface area contributed by atoms with Crippen molar-refractivity contribution in [2.24, 2.45) is 0 Å². The lowest BCUT2D eigenvalue weighted by Gasteiger charge is -2.27. The molecule has 0 fully saturated rings. The molecule has 0 N–H and O–H groups in total. The van der Waals surface area contributed by atoms with E-state index in [0.717, 1.165) is 62.3 Å². The molecule has 0 saturated carbocycles. The number of hydrogen-bond acceptors (Lipinski definition) is 3. The summed E-state index contributed by atoms with van der Waals surface area (Å²) in [5.41, 5.74) is 35.0. The molecule has 0 aliphatic rings. The van der Waals surface area contributed by atoms with Gasteiger partial charge in [0.2, 0.25) is 0 Å². The molecule has 0 bridgehead atoms. The minimum atomic E-state index is 1.09. The van der Waals surface area contributed by atoms with Crippen molar-refractivity contribution in [1.82, 2.24) is 4.57 Å². The fourth-order valence-electron chi connectivity index (χ4n) is 17.0. The van der Waals surface area contributed by atoms with Crippen LogP contribution in [0.3, 0.4) is 0 Å². The van der Waals surface area contributed by atoms with Crippen molar-refractivity contribution in [2.75, 3.05) is 14.7 Å². The summed E-state index contributed by atoms with van der Waals surface area (Å²) in [5.74, 6) is 0. The quantitative estimate of drug-likeness (QED) is 0.0802. The van der Waals surface area contributed by atoms with E-state index in [1.807, 2.05) is 27.7 Å². The van der Waals surface area contributed by atoms with Gasteiger partial charge in [-0.15, -0.1) is 0 Å². The van der Waals surface area contributed by atoms with Crippen LogP contribution in [0.1, 0.15) is 27.7 Å². The summed E-state index contributed by atoms with van der Waals surface area (Å²) in [6, 6.07) is 183. The van der Waals surface area contributed by atoms with E-state index in [0.29, 0.717) is 0 Å². The number of anilines is 9. The van der Waals surface area contributed by atoms with Crippen molar-refractivity contribution >= 4 is 83.8 Å². The van der Waals surface area contributed by atoms with Gasteiger partial charge in [-0.2, -0.15) is 0 Å². The van der Waals surface area contributed by atoms with Crippen molar-refractivity contribution < 1.29 is 0 Å². The molecule has 21 aromatic rings. The van der Waals surface area contributed by atoms with Crippen molar-refractivity contribution in [2.45, 2.75) is 27.7 Å². The molecule has 604 valence electrons. The fourth-order valence-corrected chi connectivity index (χ4v) is 17.0. The smallest absolute Gasteiger partial charge is 0.0541 e. The second-order valence-corrected chi connectivity index (χ2v) is 30.8. The van der Waals surface area contributed by atoms with E-state index < -0.39 is 0 Å². The van der Waals surface area contributed by atoms with Gasteiger partial charge < -0.3 is 19.3 Å². The van der Waals surface area contributed by atoms with E-state index in [2.05, 4.69) is 529 Å². The standard InChI is InChI=1S/C64H46N2.C54H38N2.2C2H6/c1-4-13-47(14-5-1)50-23-35-57(36-24-50)65(58-37-25-51(26-38-58)48-15-6-2-7-16-48)60-41-29-53(30-42-60)54-31-43-61(44-32-54)66(59-39-27-52(28-40-59)49-17-8-3-9-18-49)62-45-33-56(34-46-62)64-22-12-20-55-19-10-11-21-63(55)64;1-4-12-39(13-5-1)42-24-31-48(32-25-42)55(49-33-26-43(27-34-49)40-14-6-2-7-15-40)50-35-28-44(29-36-50)41-20-22-45(23-21-41)46-30-37-54-52(38-46)51-18-10-11-19-53(51)56(54)47-16-8-3-9-17-47;2*1-2/h1-46H;1-38H;2*1-2H3. The van der Waals surface area contributed by atoms with Crippen LogP contribution in [0.15, 0.2) is 510 Å². The van der Waals surface area contributed by atoms with Crippen molar-refractivity contribution in [1.29, 1.82) is 0 Å². The minimum Gasteiger partial charge on any atom is -0.311 e. The first-order valence-electron chi connectivity index (χ1n) is 43.7. The van der Waals surface area contributed by atoms with Crippen LogP contribution < -0.4 is 14.7 Å². The second kappa shape index (κ2) is 38.3. The number of aromatic nitrogens is 1. The second-order valence-electron chi connectivity index (χ2n) is 30.8. The molecule has 126 heavy (non-hydrogen) atoms. The Morgan fingerprint density at radius 2 is 0.349 bits per heavy atom. The zero-order valence-electron chi connectivity index (χ0n) is 71.3. The van der Waals surface area contributed by atoms with Crippen LogP contribution in [0, 0.1) is 0 Å². The van der Waals surface area contributed by atoms with Gasteiger partial charge in [0.05, 0.1) is 11.0 Å². The Labute approximate surface area is 741 Å². The molecule has 0 aliphatic carbocycles. The van der Waals surface area contributed by atoms with Gasteiger partial charge in [-0.05, 0) is 250 Å². The molecule has 0 saturated heterocycles. The van der Waals surface area contributed by atoms with Gasteiger partial charge in [0.25, 0.3) is 0 Å². The number of nitrogens with zero attached hydrogens (tertiary/aromatic N) is 4. The summed E-state index contributed by atoms with van der Waals surface area (Å²) >= 11 is 0. The van der Waals surface area contributed by atoms with Gasteiger partial charge in [-0.1, -0.05) is 398 Å². The monoisotopic (exact) mass is 1620 g/mol. The third kappa shape index (κ3) is 17.6. The molecule has 1 aromatic heterocycles. The predicted molar refractivity (Wildman–Crippen MR) is 540 cm³/mol. The van der Waals surface area contributed by atoms with Crippen molar-refractivity contribution in [3.63, 3.8) is 0 Å². The largest absolute Gasteiger partial charge is 0.311 e. The maximum atomic E-state index is 2.36. The lowest BCUT2D eigenvalue weighted by atomic mass is 9.98. The summed E-state index contributed by atoms with van der Waals surface area (Å²) in [4.78, 5) is 7.02. The van der Waals surface area contributed by atoms with Crippen LogP contribution in [0.2, 0.25) is 0 Å².